The van der Waals surface area contributed by atoms with Crippen molar-refractivity contribution < 1.29 is 9.18 Å². The van der Waals surface area contributed by atoms with E-state index in [9.17, 15) is 9.18 Å². The van der Waals surface area contributed by atoms with Crippen molar-refractivity contribution in [1.29, 1.82) is 0 Å². The molecule has 0 saturated heterocycles. The standard InChI is InChI=1S/C33H32FN9O/c1-43(2)9-8-36-23-11-20(10-22(34)13-23)25-6-7-37-32-26(25)14-29(40-32)31-27-15-28(38-18-30(27)41-42-31)21-12-24(17-35-16-21)39-33(44)19-4-3-5-19/h6-7,10-19,36H,3-5,8-9H2,1-2H3,(H,37,40)(H,39,44)(H,41,42). The SMILES string of the molecule is CN(C)CCNc1cc(F)cc(-c2ccnc3[nH]c(-c4n[nH]c5cnc(-c6cncc(NC(=O)C7CCC7)c6)cc45)cc23)c1. The van der Waals surface area contributed by atoms with Gasteiger partial charge >= 0.3 is 0 Å². The smallest absolute Gasteiger partial charge is 0.227 e. The minimum absolute atomic E-state index is 0.0394. The lowest BCUT2D eigenvalue weighted by atomic mass is 9.85. The van der Waals surface area contributed by atoms with Crippen LogP contribution in [0, 0.1) is 11.7 Å². The molecule has 0 atom stereocenters. The molecule has 10 nitrogen and oxygen atoms in total. The molecular formula is C33H32FN9O. The molecule has 0 bridgehead atoms. The maximum Gasteiger partial charge on any atom is 0.227 e. The number of aromatic amines is 2. The van der Waals surface area contributed by atoms with E-state index in [2.05, 4.69) is 45.7 Å². The van der Waals surface area contributed by atoms with E-state index < -0.39 is 0 Å². The summed E-state index contributed by atoms with van der Waals surface area (Å²) in [6.07, 6.45) is 9.81. The Bertz CT molecular complexity index is 1990. The predicted octanol–water partition coefficient (Wildman–Crippen LogP) is 6.08. The molecule has 0 spiro atoms. The van der Waals surface area contributed by atoms with Crippen LogP contribution in [0.5, 0.6) is 0 Å². The lowest BCUT2D eigenvalue weighted by molar-refractivity contribution is -0.122. The lowest BCUT2D eigenvalue weighted by Crippen LogP contribution is -2.28. The molecule has 1 aliphatic rings. The monoisotopic (exact) mass is 589 g/mol. The van der Waals surface area contributed by atoms with Crippen molar-refractivity contribution in [3.05, 3.63) is 73.1 Å². The first-order valence-corrected chi connectivity index (χ1v) is 14.7. The predicted molar refractivity (Wildman–Crippen MR) is 171 cm³/mol. The van der Waals surface area contributed by atoms with Gasteiger partial charge in [0.25, 0.3) is 0 Å². The number of nitrogens with one attached hydrogen (secondary N) is 4. The quantitative estimate of drug-likeness (QED) is 0.161. The van der Waals surface area contributed by atoms with Crippen LogP contribution in [-0.2, 0) is 4.79 Å². The number of halogens is 1. The van der Waals surface area contributed by atoms with Gasteiger partial charge in [-0.1, -0.05) is 6.42 Å². The molecule has 6 aromatic rings. The Kier molecular flexibility index (Phi) is 7.23. The Balaban J connectivity index is 1.21. The number of likely N-dealkylation sites (N-methyl/N-ethyl adjacent to an activating group) is 1. The van der Waals surface area contributed by atoms with Crippen LogP contribution in [0.4, 0.5) is 15.8 Å². The molecular weight excluding hydrogens is 557 g/mol. The van der Waals surface area contributed by atoms with Gasteiger partial charge in [-0.15, -0.1) is 0 Å². The molecule has 1 saturated carbocycles. The van der Waals surface area contributed by atoms with Crippen LogP contribution in [0.1, 0.15) is 19.3 Å². The summed E-state index contributed by atoms with van der Waals surface area (Å²) < 4.78 is 14.7. The van der Waals surface area contributed by atoms with E-state index in [4.69, 9.17) is 0 Å². The highest BCUT2D eigenvalue weighted by Crippen LogP contribution is 2.35. The van der Waals surface area contributed by atoms with Gasteiger partial charge in [-0.3, -0.25) is 19.9 Å². The van der Waals surface area contributed by atoms with Crippen molar-refractivity contribution >= 4 is 39.2 Å². The number of pyridine rings is 3. The summed E-state index contributed by atoms with van der Waals surface area (Å²) in [5.41, 5.74) is 7.41. The summed E-state index contributed by atoms with van der Waals surface area (Å²) >= 11 is 0. The van der Waals surface area contributed by atoms with E-state index >= 15 is 0 Å². The molecule has 5 aromatic heterocycles. The van der Waals surface area contributed by atoms with Crippen molar-refractivity contribution in [3.8, 4) is 33.8 Å². The molecule has 1 aliphatic carbocycles. The van der Waals surface area contributed by atoms with Gasteiger partial charge in [0.15, 0.2) is 0 Å². The van der Waals surface area contributed by atoms with Gasteiger partial charge in [-0.25, -0.2) is 9.37 Å². The molecule has 0 radical (unpaired) electrons. The zero-order chi connectivity index (χ0) is 30.2. The molecule has 11 heteroatoms. The van der Waals surface area contributed by atoms with Crippen LogP contribution < -0.4 is 10.6 Å². The fourth-order valence-corrected chi connectivity index (χ4v) is 5.52. The first kappa shape index (κ1) is 27.7. The summed E-state index contributed by atoms with van der Waals surface area (Å²) in [5, 5.41) is 15.7. The number of anilines is 2. The highest BCUT2D eigenvalue weighted by molar-refractivity contribution is 6.00. The highest BCUT2D eigenvalue weighted by Gasteiger charge is 2.25. The molecule has 0 aliphatic heterocycles. The number of fused-ring (bicyclic) bond motifs is 2. The van der Waals surface area contributed by atoms with Gasteiger partial charge in [0.05, 0.1) is 35.0 Å². The van der Waals surface area contributed by atoms with Crippen molar-refractivity contribution in [2.75, 3.05) is 37.8 Å². The zero-order valence-electron chi connectivity index (χ0n) is 24.5. The number of H-pyrrole nitrogens is 2. The van der Waals surface area contributed by atoms with Gasteiger partial charge < -0.3 is 20.5 Å². The summed E-state index contributed by atoms with van der Waals surface area (Å²) in [7, 11) is 4.01. The van der Waals surface area contributed by atoms with Crippen LogP contribution in [0.25, 0.3) is 55.7 Å². The third kappa shape index (κ3) is 5.49. The number of benzene rings is 1. The third-order valence-electron chi connectivity index (χ3n) is 8.11. The maximum absolute atomic E-state index is 14.7. The summed E-state index contributed by atoms with van der Waals surface area (Å²) in [5.74, 6) is -0.187. The second-order valence-electron chi connectivity index (χ2n) is 11.5. The van der Waals surface area contributed by atoms with Crippen LogP contribution in [0.2, 0.25) is 0 Å². The number of carbonyl (C=O) groups is 1. The fourth-order valence-electron chi connectivity index (χ4n) is 5.52. The molecule has 222 valence electrons. The number of hydrogen-bond acceptors (Lipinski definition) is 7. The third-order valence-corrected chi connectivity index (χ3v) is 8.11. The Hall–Kier alpha value is -5.16. The van der Waals surface area contributed by atoms with Crippen LogP contribution in [-0.4, -0.2) is 68.1 Å². The molecule has 5 heterocycles. The molecule has 4 N–H and O–H groups in total. The number of carbonyl (C=O) groups excluding carboxylic acids is 1. The topological polar surface area (TPSA) is 128 Å². The van der Waals surface area contributed by atoms with Gasteiger partial charge in [-0.2, -0.15) is 5.10 Å². The van der Waals surface area contributed by atoms with Gasteiger partial charge in [-0.05, 0) is 80.5 Å². The van der Waals surface area contributed by atoms with E-state index in [1.54, 1.807) is 24.8 Å². The maximum atomic E-state index is 14.7. The van der Waals surface area contributed by atoms with Crippen LogP contribution in [0.3, 0.4) is 0 Å². The van der Waals surface area contributed by atoms with E-state index in [-0.39, 0.29) is 17.6 Å². The van der Waals surface area contributed by atoms with Crippen LogP contribution >= 0.6 is 0 Å². The van der Waals surface area contributed by atoms with Crippen molar-refractivity contribution in [2.45, 2.75) is 19.3 Å². The normalized spacial score (nSPS) is 13.5. The Labute approximate surface area is 253 Å². The average Bonchev–Trinajstić information content (AvgIpc) is 3.59. The number of aromatic nitrogens is 6. The highest BCUT2D eigenvalue weighted by atomic mass is 19.1. The summed E-state index contributed by atoms with van der Waals surface area (Å²) in [6.45, 7) is 1.54. The molecule has 1 fully saturated rings. The van der Waals surface area contributed by atoms with Crippen molar-refractivity contribution in [1.82, 2.24) is 35.0 Å². The summed E-state index contributed by atoms with van der Waals surface area (Å²) in [4.78, 5) is 31.5. The largest absolute Gasteiger partial charge is 0.384 e. The average molecular weight is 590 g/mol. The molecule has 0 unspecified atom stereocenters. The minimum atomic E-state index is -0.310. The zero-order valence-corrected chi connectivity index (χ0v) is 24.5. The van der Waals surface area contributed by atoms with Gasteiger partial charge in [0, 0.05) is 53.4 Å². The van der Waals surface area contributed by atoms with Crippen molar-refractivity contribution in [2.24, 2.45) is 5.92 Å². The second-order valence-corrected chi connectivity index (χ2v) is 11.5. The molecule has 1 amide bonds. The summed E-state index contributed by atoms with van der Waals surface area (Å²) in [6, 6.07) is 12.7. The first-order valence-electron chi connectivity index (χ1n) is 14.7. The van der Waals surface area contributed by atoms with Crippen LogP contribution in [0.15, 0.2) is 67.3 Å². The Morgan fingerprint density at radius 3 is 2.68 bits per heavy atom. The lowest BCUT2D eigenvalue weighted by Gasteiger charge is -2.24. The minimum Gasteiger partial charge on any atom is -0.384 e. The van der Waals surface area contributed by atoms with E-state index in [0.717, 1.165) is 70.2 Å². The Morgan fingerprint density at radius 1 is 1.00 bits per heavy atom. The molecule has 44 heavy (non-hydrogen) atoms. The van der Waals surface area contributed by atoms with Gasteiger partial charge in [0.2, 0.25) is 5.91 Å². The van der Waals surface area contributed by atoms with Crippen molar-refractivity contribution in [3.63, 3.8) is 0 Å². The van der Waals surface area contributed by atoms with Gasteiger partial charge in [0.1, 0.15) is 17.2 Å². The Morgan fingerprint density at radius 2 is 1.86 bits per heavy atom. The molecule has 7 rings (SSSR count). The van der Waals surface area contributed by atoms with E-state index in [0.29, 0.717) is 29.3 Å². The molecule has 1 aromatic carbocycles. The number of rotatable bonds is 9. The van der Waals surface area contributed by atoms with E-state index in [1.807, 2.05) is 44.4 Å². The number of nitrogens with zero attached hydrogens (tertiary/aromatic N) is 5. The second kappa shape index (κ2) is 11.5. The fraction of sp³-hybridized carbons (Fsp3) is 0.242. The number of hydrogen-bond donors (Lipinski definition) is 4. The first-order chi connectivity index (χ1) is 21.4. The number of amides is 1. The van der Waals surface area contributed by atoms with E-state index in [1.165, 1.54) is 12.1 Å².